The lowest BCUT2D eigenvalue weighted by Gasteiger charge is -2.22. The summed E-state index contributed by atoms with van der Waals surface area (Å²) in [5, 5.41) is 23.2. The Kier molecular flexibility index (Phi) is 60.9. The maximum Gasteiger partial charge on any atom is 0.305 e. The molecule has 0 spiro atoms. The van der Waals surface area contributed by atoms with Crippen molar-refractivity contribution < 1.29 is 24.5 Å². The molecule has 0 aromatic carbocycles. The first kappa shape index (κ1) is 70.6. The molecule has 0 aromatic rings. The van der Waals surface area contributed by atoms with Crippen LogP contribution in [0.1, 0.15) is 373 Å². The number of rotatable bonds is 62. The molecule has 0 aliphatic rings. The average molecular weight is 1020 g/mol. The number of unbranched alkanes of at least 4 members (excludes halogenated alkanes) is 49. The van der Waals surface area contributed by atoms with Crippen LogP contribution in [0.2, 0.25) is 0 Å². The highest BCUT2D eigenvalue weighted by Crippen LogP contribution is 2.18. The van der Waals surface area contributed by atoms with Crippen LogP contribution in [0.5, 0.6) is 0 Å². The lowest BCUT2D eigenvalue weighted by Crippen LogP contribution is -2.45. The third kappa shape index (κ3) is 57.9. The number of hydrogen-bond donors (Lipinski definition) is 3. The van der Waals surface area contributed by atoms with Gasteiger partial charge in [0.25, 0.3) is 0 Å². The Bertz CT molecular complexity index is 1080. The molecule has 0 saturated carbocycles. The summed E-state index contributed by atoms with van der Waals surface area (Å²) in [6, 6.07) is -0.542. The molecule has 0 aromatic heterocycles. The van der Waals surface area contributed by atoms with Crippen LogP contribution in [-0.4, -0.2) is 47.4 Å². The van der Waals surface area contributed by atoms with Gasteiger partial charge in [0.2, 0.25) is 5.91 Å². The number of aliphatic hydroxyl groups is 2. The van der Waals surface area contributed by atoms with Crippen LogP contribution in [-0.2, 0) is 14.3 Å². The Hall–Kier alpha value is -1.40. The maximum atomic E-state index is 12.4. The number of nitrogens with one attached hydrogen (secondary N) is 1. The van der Waals surface area contributed by atoms with E-state index in [-0.39, 0.29) is 18.5 Å². The molecule has 0 fully saturated rings. The SMILES string of the molecule is CCCCCCCCCCCCCCCCCCCCCC(=O)OCCCCCCCCCCCCCC/C=C\CCCCCCCCCCCC(=O)NC(CO)C(O)CCCCCCCCCCCCC. The lowest BCUT2D eigenvalue weighted by atomic mass is 10.0. The highest BCUT2D eigenvalue weighted by atomic mass is 16.5. The minimum absolute atomic E-state index is 0.0190. The van der Waals surface area contributed by atoms with E-state index < -0.39 is 12.1 Å². The van der Waals surface area contributed by atoms with Crippen molar-refractivity contribution in [2.75, 3.05) is 13.2 Å². The van der Waals surface area contributed by atoms with Crippen LogP contribution >= 0.6 is 0 Å². The first-order valence-corrected chi connectivity index (χ1v) is 32.9. The normalized spacial score (nSPS) is 12.6. The molecular formula is C66H129NO5. The molecule has 0 radical (unpaired) electrons. The fraction of sp³-hybridized carbons (Fsp3) is 0.939. The molecule has 2 unspecified atom stereocenters. The quantitative estimate of drug-likeness (QED) is 0.0320. The zero-order valence-electron chi connectivity index (χ0n) is 48.9. The van der Waals surface area contributed by atoms with Crippen LogP contribution in [0, 0.1) is 0 Å². The molecule has 3 N–H and O–H groups in total. The minimum Gasteiger partial charge on any atom is -0.466 e. The minimum atomic E-state index is -0.664. The second kappa shape index (κ2) is 62.1. The van der Waals surface area contributed by atoms with E-state index in [1.54, 1.807) is 0 Å². The third-order valence-electron chi connectivity index (χ3n) is 15.6. The first-order chi connectivity index (χ1) is 35.5. The zero-order valence-corrected chi connectivity index (χ0v) is 48.9. The number of carbonyl (C=O) groups is 2. The summed E-state index contributed by atoms with van der Waals surface area (Å²) in [5.74, 6) is -0.0183. The largest absolute Gasteiger partial charge is 0.466 e. The molecule has 6 nitrogen and oxygen atoms in total. The van der Waals surface area contributed by atoms with E-state index in [4.69, 9.17) is 4.74 Å². The molecular weight excluding hydrogens is 887 g/mol. The zero-order chi connectivity index (χ0) is 52.2. The summed E-state index contributed by atoms with van der Waals surface area (Å²) >= 11 is 0. The molecule has 0 saturated heterocycles. The summed E-state index contributed by atoms with van der Waals surface area (Å²) < 4.78 is 5.51. The predicted molar refractivity (Wildman–Crippen MR) is 315 cm³/mol. The van der Waals surface area contributed by atoms with E-state index >= 15 is 0 Å². The Balaban J connectivity index is 3.34. The fourth-order valence-corrected chi connectivity index (χ4v) is 10.5. The standard InChI is InChI=1S/C66H129NO5/c1-3-5-7-9-11-13-15-16-17-18-26-30-33-36-40-44-48-52-56-60-66(71)72-61-57-53-49-45-41-37-34-31-28-25-23-21-19-20-22-24-27-29-32-35-39-43-47-51-55-59-65(70)67-63(62-68)64(69)58-54-50-46-42-38-14-12-10-8-6-4-2/h20,22,63-64,68-69H,3-19,21,23-62H2,1-2H3,(H,67,70)/b22-20-. The fourth-order valence-electron chi connectivity index (χ4n) is 10.5. The topological polar surface area (TPSA) is 95.9 Å². The van der Waals surface area contributed by atoms with Crippen LogP contribution in [0.15, 0.2) is 12.2 Å². The van der Waals surface area contributed by atoms with Crippen LogP contribution in [0.3, 0.4) is 0 Å². The maximum absolute atomic E-state index is 12.4. The van der Waals surface area contributed by atoms with Crippen LogP contribution in [0.4, 0.5) is 0 Å². The monoisotopic (exact) mass is 1020 g/mol. The van der Waals surface area contributed by atoms with Gasteiger partial charge in [-0.3, -0.25) is 9.59 Å². The Morgan fingerprint density at radius 1 is 0.375 bits per heavy atom. The van der Waals surface area contributed by atoms with Gasteiger partial charge in [0, 0.05) is 12.8 Å². The molecule has 0 aliphatic carbocycles. The van der Waals surface area contributed by atoms with E-state index in [0.717, 1.165) is 38.5 Å². The molecule has 2 atom stereocenters. The number of allylic oxidation sites excluding steroid dienone is 2. The second-order valence-corrected chi connectivity index (χ2v) is 22.8. The number of amides is 1. The summed E-state index contributed by atoms with van der Waals surface area (Å²) in [7, 11) is 0. The van der Waals surface area contributed by atoms with Gasteiger partial charge < -0.3 is 20.3 Å². The number of aliphatic hydroxyl groups excluding tert-OH is 2. The van der Waals surface area contributed by atoms with Crippen molar-refractivity contribution in [1.29, 1.82) is 0 Å². The molecule has 6 heteroatoms. The molecule has 0 bridgehead atoms. The van der Waals surface area contributed by atoms with Crippen molar-refractivity contribution >= 4 is 11.9 Å². The molecule has 0 aliphatic heterocycles. The highest BCUT2D eigenvalue weighted by Gasteiger charge is 2.20. The number of ether oxygens (including phenoxy) is 1. The Morgan fingerprint density at radius 3 is 0.986 bits per heavy atom. The van der Waals surface area contributed by atoms with E-state index in [1.165, 1.54) is 302 Å². The summed E-state index contributed by atoms with van der Waals surface area (Å²) in [5.41, 5.74) is 0. The van der Waals surface area contributed by atoms with Gasteiger partial charge in [-0.15, -0.1) is 0 Å². The van der Waals surface area contributed by atoms with Crippen molar-refractivity contribution in [2.24, 2.45) is 0 Å². The van der Waals surface area contributed by atoms with Crippen molar-refractivity contribution in [1.82, 2.24) is 5.32 Å². The van der Waals surface area contributed by atoms with Gasteiger partial charge in [-0.05, 0) is 51.4 Å². The van der Waals surface area contributed by atoms with E-state index in [0.29, 0.717) is 25.9 Å². The van der Waals surface area contributed by atoms with Gasteiger partial charge >= 0.3 is 5.97 Å². The molecule has 0 heterocycles. The molecule has 0 rings (SSSR count). The van der Waals surface area contributed by atoms with Gasteiger partial charge in [0.15, 0.2) is 0 Å². The van der Waals surface area contributed by atoms with Gasteiger partial charge in [0.05, 0.1) is 25.4 Å². The van der Waals surface area contributed by atoms with E-state index in [1.807, 2.05) is 0 Å². The molecule has 428 valence electrons. The van der Waals surface area contributed by atoms with Crippen molar-refractivity contribution in [3.8, 4) is 0 Å². The van der Waals surface area contributed by atoms with E-state index in [2.05, 4.69) is 31.3 Å². The van der Waals surface area contributed by atoms with Gasteiger partial charge in [-0.25, -0.2) is 0 Å². The second-order valence-electron chi connectivity index (χ2n) is 22.8. The lowest BCUT2D eigenvalue weighted by molar-refractivity contribution is -0.143. The smallest absolute Gasteiger partial charge is 0.305 e. The third-order valence-corrected chi connectivity index (χ3v) is 15.6. The number of hydrogen-bond acceptors (Lipinski definition) is 5. The number of esters is 1. The Morgan fingerprint density at radius 2 is 0.653 bits per heavy atom. The predicted octanol–water partition coefficient (Wildman–Crippen LogP) is 20.8. The van der Waals surface area contributed by atoms with Crippen LogP contribution in [0.25, 0.3) is 0 Å². The summed E-state index contributed by atoms with van der Waals surface area (Å²) in [6.45, 7) is 4.97. The Labute approximate surface area is 450 Å². The van der Waals surface area contributed by atoms with Crippen molar-refractivity contribution in [2.45, 2.75) is 386 Å². The number of carbonyl (C=O) groups excluding carboxylic acids is 2. The average Bonchev–Trinajstić information content (AvgIpc) is 3.38. The van der Waals surface area contributed by atoms with Gasteiger partial charge in [0.1, 0.15) is 0 Å². The molecule has 1 amide bonds. The summed E-state index contributed by atoms with van der Waals surface area (Å²) in [6.07, 6.45) is 75.3. The highest BCUT2D eigenvalue weighted by molar-refractivity contribution is 5.76. The van der Waals surface area contributed by atoms with Gasteiger partial charge in [-0.2, -0.15) is 0 Å². The van der Waals surface area contributed by atoms with Crippen molar-refractivity contribution in [3.63, 3.8) is 0 Å². The van der Waals surface area contributed by atoms with Gasteiger partial charge in [-0.1, -0.05) is 321 Å². The van der Waals surface area contributed by atoms with Crippen LogP contribution < -0.4 is 5.32 Å². The first-order valence-electron chi connectivity index (χ1n) is 32.9. The molecule has 72 heavy (non-hydrogen) atoms. The summed E-state index contributed by atoms with van der Waals surface area (Å²) in [4.78, 5) is 24.6. The van der Waals surface area contributed by atoms with E-state index in [9.17, 15) is 19.8 Å². The van der Waals surface area contributed by atoms with Crippen molar-refractivity contribution in [3.05, 3.63) is 12.2 Å².